The molecule has 0 bridgehead atoms. The number of hydrogen-bond donors (Lipinski definition) is 3. The van der Waals surface area contributed by atoms with E-state index in [2.05, 4.69) is 13.8 Å². The van der Waals surface area contributed by atoms with Gasteiger partial charge in [0, 0.05) is 17.8 Å². The Hall–Kier alpha value is -1.39. The molecule has 9 heteroatoms. The number of rotatable bonds is 8. The summed E-state index contributed by atoms with van der Waals surface area (Å²) in [5, 5.41) is 31.2. The first-order chi connectivity index (χ1) is 19.4. The molecule has 0 radical (unpaired) electrons. The normalized spacial score (nSPS) is 48.0. The third-order valence-electron chi connectivity index (χ3n) is 13.4. The van der Waals surface area contributed by atoms with Crippen LogP contribution in [0, 0.1) is 46.3 Å². The van der Waals surface area contributed by atoms with Gasteiger partial charge < -0.3 is 29.5 Å². The summed E-state index contributed by atoms with van der Waals surface area (Å²) in [4.78, 5) is 40.3. The number of hydrogen-bond acceptors (Lipinski definition) is 9. The largest absolute Gasteiger partial charge is 0.460 e. The standard InChI is InChI=1S/C33H50O9/c1-15(2)16(3)23(34)24(35)17(4)19-9-10-20-22-25(36)27-32(42-27)13-18(40-28(38)26(37)29(5,6)39)11-12-31(32,8)33(22)21(41-33)14-30(19,20)7/h15-23,26-27,34,37,39H,9-14H2,1-8H3/t16-,17+,18+,19?,20+,21-,22+,23+,26?,27+,30-,31+,32+,33-/m1/s1. The highest BCUT2D eigenvalue weighted by Crippen LogP contribution is 2.80. The maximum atomic E-state index is 14.3. The summed E-state index contributed by atoms with van der Waals surface area (Å²) in [7, 11) is 0. The SMILES string of the molecule is CC(C)[C@@H](C)[C@H](O)C(=O)[C@@H](C)C1CC[C@H]2[C@H]3C(=O)[C@@H]4O[C@@]45C[C@@H](OC(=O)C(O)C(C)(C)O)CC[C@]5(C)[C@]34O[C@@H]4C[C@]12C. The highest BCUT2D eigenvalue weighted by Gasteiger charge is 2.91. The van der Waals surface area contributed by atoms with Crippen LogP contribution in [0.4, 0.5) is 0 Å². The summed E-state index contributed by atoms with van der Waals surface area (Å²) in [6.45, 7) is 15.1. The number of ether oxygens (including phenoxy) is 3. The Balaban J connectivity index is 1.23. The van der Waals surface area contributed by atoms with Crippen LogP contribution < -0.4 is 0 Å². The summed E-state index contributed by atoms with van der Waals surface area (Å²) in [6.07, 6.45) is 0.141. The molecule has 6 aliphatic rings. The molecule has 0 aromatic carbocycles. The van der Waals surface area contributed by atoms with Crippen LogP contribution in [0.15, 0.2) is 0 Å². The van der Waals surface area contributed by atoms with Crippen molar-refractivity contribution in [2.45, 2.75) is 141 Å². The maximum absolute atomic E-state index is 14.3. The van der Waals surface area contributed by atoms with Gasteiger partial charge in [0.25, 0.3) is 0 Å². The van der Waals surface area contributed by atoms with Gasteiger partial charge in [-0.2, -0.15) is 0 Å². The van der Waals surface area contributed by atoms with Crippen molar-refractivity contribution in [3.8, 4) is 0 Å². The molecule has 0 aromatic heterocycles. The number of epoxide rings is 2. The number of carbonyl (C=O) groups is 3. The van der Waals surface area contributed by atoms with Crippen molar-refractivity contribution in [3.05, 3.63) is 0 Å². The third-order valence-corrected chi connectivity index (χ3v) is 13.4. The van der Waals surface area contributed by atoms with E-state index in [1.54, 1.807) is 0 Å². The lowest BCUT2D eigenvalue weighted by molar-refractivity contribution is -0.179. The molecule has 6 rings (SSSR count). The van der Waals surface area contributed by atoms with Crippen LogP contribution in [0.2, 0.25) is 0 Å². The molecule has 2 unspecified atom stereocenters. The number of aliphatic hydroxyl groups excluding tert-OH is 2. The lowest BCUT2D eigenvalue weighted by Gasteiger charge is -2.56. The smallest absolute Gasteiger partial charge is 0.338 e. The molecular weight excluding hydrogens is 540 g/mol. The number of esters is 1. The van der Waals surface area contributed by atoms with E-state index in [4.69, 9.17) is 14.2 Å². The van der Waals surface area contributed by atoms with Gasteiger partial charge in [0.2, 0.25) is 0 Å². The Morgan fingerprint density at radius 2 is 1.69 bits per heavy atom. The van der Waals surface area contributed by atoms with Gasteiger partial charge >= 0.3 is 5.97 Å². The fraction of sp³-hybridized carbons (Fsp3) is 0.909. The van der Waals surface area contributed by atoms with E-state index < -0.39 is 52.6 Å². The predicted octanol–water partition coefficient (Wildman–Crippen LogP) is 2.99. The molecule has 2 aliphatic heterocycles. The number of ketones is 2. The first kappa shape index (κ1) is 30.6. The lowest BCUT2D eigenvalue weighted by atomic mass is 9.43. The van der Waals surface area contributed by atoms with E-state index in [1.165, 1.54) is 13.8 Å². The van der Waals surface area contributed by atoms with E-state index in [9.17, 15) is 29.7 Å². The van der Waals surface area contributed by atoms with Gasteiger partial charge in [-0.3, -0.25) is 9.59 Å². The summed E-state index contributed by atoms with van der Waals surface area (Å²) < 4.78 is 18.7. The molecule has 2 heterocycles. The minimum atomic E-state index is -1.67. The minimum Gasteiger partial charge on any atom is -0.460 e. The zero-order valence-electron chi connectivity index (χ0n) is 26.4. The zero-order chi connectivity index (χ0) is 30.9. The Bertz CT molecular complexity index is 1180. The molecule has 4 saturated carbocycles. The van der Waals surface area contributed by atoms with Crippen molar-refractivity contribution >= 4 is 17.5 Å². The highest BCUT2D eigenvalue weighted by atomic mass is 16.7. The van der Waals surface area contributed by atoms with E-state index in [0.29, 0.717) is 19.3 Å². The molecule has 9 nitrogen and oxygen atoms in total. The second-order valence-corrected chi connectivity index (χ2v) is 16.1. The third kappa shape index (κ3) is 3.82. The van der Waals surface area contributed by atoms with Crippen LogP contribution in [0.5, 0.6) is 0 Å². The van der Waals surface area contributed by atoms with Crippen LogP contribution >= 0.6 is 0 Å². The van der Waals surface area contributed by atoms with E-state index in [1.807, 2.05) is 27.7 Å². The molecule has 14 atom stereocenters. The van der Waals surface area contributed by atoms with Crippen LogP contribution in [0.1, 0.15) is 93.9 Å². The van der Waals surface area contributed by atoms with Gasteiger partial charge in [0.15, 0.2) is 17.7 Å². The monoisotopic (exact) mass is 590 g/mol. The first-order valence-corrected chi connectivity index (χ1v) is 16.1. The summed E-state index contributed by atoms with van der Waals surface area (Å²) in [5.74, 6) is -1.30. The van der Waals surface area contributed by atoms with Crippen LogP contribution in [0.3, 0.4) is 0 Å². The van der Waals surface area contributed by atoms with Gasteiger partial charge in [-0.25, -0.2) is 4.79 Å². The number of fused-ring (bicyclic) bond motifs is 2. The fourth-order valence-electron chi connectivity index (χ4n) is 10.3. The predicted molar refractivity (Wildman–Crippen MR) is 151 cm³/mol. The average molecular weight is 591 g/mol. The zero-order valence-corrected chi connectivity index (χ0v) is 26.4. The summed E-state index contributed by atoms with van der Waals surface area (Å²) in [6, 6.07) is 0. The number of carbonyl (C=O) groups excluding carboxylic acids is 3. The van der Waals surface area contributed by atoms with Crippen molar-refractivity contribution in [1.82, 2.24) is 0 Å². The Morgan fingerprint density at radius 3 is 2.31 bits per heavy atom. The van der Waals surface area contributed by atoms with Gasteiger partial charge in [0.05, 0.1) is 17.6 Å². The van der Waals surface area contributed by atoms with E-state index in [0.717, 1.165) is 19.3 Å². The van der Waals surface area contributed by atoms with Crippen molar-refractivity contribution in [2.24, 2.45) is 46.3 Å². The van der Waals surface area contributed by atoms with Crippen LogP contribution in [0.25, 0.3) is 0 Å². The maximum Gasteiger partial charge on any atom is 0.338 e. The van der Waals surface area contributed by atoms with Gasteiger partial charge in [0.1, 0.15) is 29.5 Å². The van der Waals surface area contributed by atoms with Gasteiger partial charge in [-0.05, 0) is 75.0 Å². The molecule has 2 spiro atoms. The topological polar surface area (TPSA) is 146 Å². The van der Waals surface area contributed by atoms with E-state index >= 15 is 0 Å². The Morgan fingerprint density at radius 1 is 1.02 bits per heavy atom. The average Bonchev–Trinajstić information content (AvgIpc) is 3.79. The number of aliphatic hydroxyl groups is 3. The molecule has 4 aliphatic carbocycles. The van der Waals surface area contributed by atoms with E-state index in [-0.39, 0.29) is 58.6 Å². The molecule has 2 saturated heterocycles. The fourth-order valence-corrected chi connectivity index (χ4v) is 10.3. The van der Waals surface area contributed by atoms with Crippen molar-refractivity contribution in [1.29, 1.82) is 0 Å². The Kier molecular flexibility index (Phi) is 6.79. The molecule has 0 amide bonds. The number of Topliss-reactive ketones (excluding diaryl/α,β-unsaturated/α-hetero) is 2. The molecule has 236 valence electrons. The second kappa shape index (κ2) is 9.32. The summed E-state index contributed by atoms with van der Waals surface area (Å²) >= 11 is 0. The molecular formula is C33H50O9. The van der Waals surface area contributed by atoms with Crippen molar-refractivity contribution in [2.75, 3.05) is 0 Å². The van der Waals surface area contributed by atoms with Crippen molar-refractivity contribution in [3.63, 3.8) is 0 Å². The van der Waals surface area contributed by atoms with Gasteiger partial charge in [-0.15, -0.1) is 0 Å². The minimum absolute atomic E-state index is 0.0657. The second-order valence-electron chi connectivity index (χ2n) is 16.1. The van der Waals surface area contributed by atoms with Crippen LogP contribution in [-0.4, -0.2) is 80.2 Å². The molecule has 0 aromatic rings. The summed E-state index contributed by atoms with van der Waals surface area (Å²) in [5.41, 5.74) is -3.72. The van der Waals surface area contributed by atoms with Gasteiger partial charge in [-0.1, -0.05) is 41.5 Å². The first-order valence-electron chi connectivity index (χ1n) is 16.1. The highest BCUT2D eigenvalue weighted by molar-refractivity contribution is 5.94. The Labute approximate surface area is 249 Å². The van der Waals surface area contributed by atoms with Crippen LogP contribution in [-0.2, 0) is 28.6 Å². The lowest BCUT2D eigenvalue weighted by Crippen LogP contribution is -2.67. The molecule has 42 heavy (non-hydrogen) atoms. The quantitative estimate of drug-likeness (QED) is 0.287. The molecule has 6 fully saturated rings. The van der Waals surface area contributed by atoms with Crippen molar-refractivity contribution < 1.29 is 43.9 Å². The molecule has 3 N–H and O–H groups in total.